The Bertz CT molecular complexity index is 1060. The summed E-state index contributed by atoms with van der Waals surface area (Å²) < 4.78 is 0. The number of H-pyrrole nitrogens is 1. The standard InChI is InChI=1S/C23H26N4O4/c1-14(24)21(28)26-19(12-16-13-25-18-10-6-5-9-17(16)18)22(29)27-20(23(30)31)11-15-7-3-2-4-8-15/h2-10,13-14,19-20,25H,11-12,24H2,1H3,(H,26,28)(H,27,29)(H,30,31). The highest BCUT2D eigenvalue weighted by atomic mass is 16.4. The molecule has 0 aliphatic rings. The average Bonchev–Trinajstić information content (AvgIpc) is 3.16. The van der Waals surface area contributed by atoms with E-state index in [1.807, 2.05) is 30.3 Å². The third-order valence-corrected chi connectivity index (χ3v) is 5.04. The molecule has 3 unspecified atom stereocenters. The highest BCUT2D eigenvalue weighted by molar-refractivity contribution is 5.92. The van der Waals surface area contributed by atoms with Crippen LogP contribution in [0.1, 0.15) is 18.1 Å². The topological polar surface area (TPSA) is 137 Å². The van der Waals surface area contributed by atoms with Gasteiger partial charge in [-0.15, -0.1) is 0 Å². The molecule has 0 saturated carbocycles. The lowest BCUT2D eigenvalue weighted by Gasteiger charge is -2.22. The van der Waals surface area contributed by atoms with Gasteiger partial charge in [0.15, 0.2) is 0 Å². The molecule has 1 heterocycles. The fraction of sp³-hybridized carbons (Fsp3) is 0.261. The lowest BCUT2D eigenvalue weighted by Crippen LogP contribution is -2.55. The normalized spacial score (nSPS) is 13.9. The maximum absolute atomic E-state index is 13.0. The number of hydrogen-bond acceptors (Lipinski definition) is 4. The fourth-order valence-electron chi connectivity index (χ4n) is 3.36. The predicted octanol–water partition coefficient (Wildman–Crippen LogP) is 1.35. The first-order chi connectivity index (χ1) is 14.8. The van der Waals surface area contributed by atoms with E-state index in [0.29, 0.717) is 0 Å². The van der Waals surface area contributed by atoms with Crippen LogP contribution >= 0.6 is 0 Å². The summed E-state index contributed by atoms with van der Waals surface area (Å²) in [7, 11) is 0. The monoisotopic (exact) mass is 422 g/mol. The largest absolute Gasteiger partial charge is 0.480 e. The van der Waals surface area contributed by atoms with Gasteiger partial charge in [0.25, 0.3) is 0 Å². The number of aliphatic carboxylic acids is 1. The molecule has 31 heavy (non-hydrogen) atoms. The molecule has 0 aliphatic heterocycles. The Kier molecular flexibility index (Phi) is 7.04. The van der Waals surface area contributed by atoms with Gasteiger partial charge in [0.1, 0.15) is 12.1 Å². The number of rotatable bonds is 9. The van der Waals surface area contributed by atoms with E-state index in [4.69, 9.17) is 5.73 Å². The Morgan fingerprint density at radius 1 is 0.935 bits per heavy atom. The van der Waals surface area contributed by atoms with Crippen LogP contribution in [0.4, 0.5) is 0 Å². The first kappa shape index (κ1) is 22.0. The molecule has 0 bridgehead atoms. The van der Waals surface area contributed by atoms with Crippen LogP contribution in [0.3, 0.4) is 0 Å². The van der Waals surface area contributed by atoms with Crippen molar-refractivity contribution >= 4 is 28.7 Å². The maximum atomic E-state index is 13.0. The number of carboxylic acids is 1. The van der Waals surface area contributed by atoms with Crippen molar-refractivity contribution in [2.45, 2.75) is 37.9 Å². The van der Waals surface area contributed by atoms with Gasteiger partial charge in [-0.3, -0.25) is 9.59 Å². The van der Waals surface area contributed by atoms with Crippen LogP contribution in [0.5, 0.6) is 0 Å². The summed E-state index contributed by atoms with van der Waals surface area (Å²) in [6, 6.07) is 13.7. The first-order valence-electron chi connectivity index (χ1n) is 10.0. The van der Waals surface area contributed by atoms with Crippen LogP contribution < -0.4 is 16.4 Å². The highest BCUT2D eigenvalue weighted by Gasteiger charge is 2.28. The molecule has 6 N–H and O–H groups in total. The number of carbonyl (C=O) groups is 3. The summed E-state index contributed by atoms with van der Waals surface area (Å²) in [6.07, 6.45) is 2.09. The molecule has 162 valence electrons. The molecule has 0 radical (unpaired) electrons. The van der Waals surface area contributed by atoms with E-state index in [9.17, 15) is 19.5 Å². The molecule has 2 aromatic carbocycles. The van der Waals surface area contributed by atoms with Crippen LogP contribution in [0.2, 0.25) is 0 Å². The minimum Gasteiger partial charge on any atom is -0.480 e. The third kappa shape index (κ3) is 5.70. The zero-order valence-electron chi connectivity index (χ0n) is 17.2. The van der Waals surface area contributed by atoms with E-state index in [2.05, 4.69) is 15.6 Å². The zero-order valence-corrected chi connectivity index (χ0v) is 17.2. The Balaban J connectivity index is 1.80. The molecule has 0 fully saturated rings. The van der Waals surface area contributed by atoms with Crippen molar-refractivity contribution in [3.05, 3.63) is 71.9 Å². The van der Waals surface area contributed by atoms with Gasteiger partial charge in [-0.25, -0.2) is 4.79 Å². The number of benzene rings is 2. The molecule has 3 rings (SSSR count). The lowest BCUT2D eigenvalue weighted by atomic mass is 10.0. The first-order valence-corrected chi connectivity index (χ1v) is 10.0. The number of carboxylic acid groups (broad SMARTS) is 1. The van der Waals surface area contributed by atoms with Crippen LogP contribution in [-0.2, 0) is 27.2 Å². The summed E-state index contributed by atoms with van der Waals surface area (Å²) in [6.45, 7) is 1.52. The van der Waals surface area contributed by atoms with Crippen molar-refractivity contribution in [2.24, 2.45) is 5.73 Å². The fourth-order valence-corrected chi connectivity index (χ4v) is 3.36. The van der Waals surface area contributed by atoms with Gasteiger partial charge in [0, 0.05) is 29.9 Å². The number of carbonyl (C=O) groups excluding carboxylic acids is 2. The van der Waals surface area contributed by atoms with Gasteiger partial charge in [0.2, 0.25) is 11.8 Å². The van der Waals surface area contributed by atoms with Crippen molar-refractivity contribution in [1.82, 2.24) is 15.6 Å². The van der Waals surface area contributed by atoms with E-state index >= 15 is 0 Å². The molecular formula is C23H26N4O4. The van der Waals surface area contributed by atoms with E-state index in [0.717, 1.165) is 22.0 Å². The summed E-state index contributed by atoms with van der Waals surface area (Å²) >= 11 is 0. The van der Waals surface area contributed by atoms with Gasteiger partial charge in [-0.1, -0.05) is 48.5 Å². The van der Waals surface area contributed by atoms with Gasteiger partial charge >= 0.3 is 5.97 Å². The Hall–Kier alpha value is -3.65. The van der Waals surface area contributed by atoms with E-state index < -0.39 is 35.9 Å². The second-order valence-corrected chi connectivity index (χ2v) is 7.50. The van der Waals surface area contributed by atoms with Crippen molar-refractivity contribution in [3.63, 3.8) is 0 Å². The van der Waals surface area contributed by atoms with Crippen LogP contribution in [0.25, 0.3) is 10.9 Å². The number of aromatic amines is 1. The summed E-state index contributed by atoms with van der Waals surface area (Å²) in [5.41, 5.74) is 8.17. The number of amides is 2. The van der Waals surface area contributed by atoms with E-state index in [-0.39, 0.29) is 12.8 Å². The van der Waals surface area contributed by atoms with Gasteiger partial charge < -0.3 is 26.5 Å². The summed E-state index contributed by atoms with van der Waals surface area (Å²) in [5.74, 6) is -2.22. The quantitative estimate of drug-likeness (QED) is 0.354. The van der Waals surface area contributed by atoms with Gasteiger partial charge in [-0.05, 0) is 24.1 Å². The minimum atomic E-state index is -1.15. The van der Waals surface area contributed by atoms with Crippen molar-refractivity contribution < 1.29 is 19.5 Å². The molecule has 2 amide bonds. The van der Waals surface area contributed by atoms with Crippen LogP contribution in [0, 0.1) is 0 Å². The molecule has 0 saturated heterocycles. The zero-order chi connectivity index (χ0) is 22.4. The Labute approximate surface area is 179 Å². The molecule has 0 spiro atoms. The second kappa shape index (κ2) is 9.90. The second-order valence-electron chi connectivity index (χ2n) is 7.50. The highest BCUT2D eigenvalue weighted by Crippen LogP contribution is 2.19. The van der Waals surface area contributed by atoms with Crippen LogP contribution in [0.15, 0.2) is 60.8 Å². The molecule has 3 atom stereocenters. The van der Waals surface area contributed by atoms with Crippen molar-refractivity contribution in [3.8, 4) is 0 Å². The number of fused-ring (bicyclic) bond motifs is 1. The SMILES string of the molecule is CC(N)C(=O)NC(Cc1c[nH]c2ccccc12)C(=O)NC(Cc1ccccc1)C(=O)O. The predicted molar refractivity (Wildman–Crippen MR) is 117 cm³/mol. The molecule has 3 aromatic rings. The summed E-state index contributed by atoms with van der Waals surface area (Å²) in [5, 5.41) is 15.7. The van der Waals surface area contributed by atoms with E-state index in [1.54, 1.807) is 30.5 Å². The molecule has 0 aliphatic carbocycles. The minimum absolute atomic E-state index is 0.128. The molecular weight excluding hydrogens is 396 g/mol. The molecule has 1 aromatic heterocycles. The molecule has 8 nitrogen and oxygen atoms in total. The third-order valence-electron chi connectivity index (χ3n) is 5.04. The molecule has 8 heteroatoms. The number of para-hydroxylation sites is 1. The Morgan fingerprint density at radius 3 is 2.26 bits per heavy atom. The Morgan fingerprint density at radius 2 is 1.58 bits per heavy atom. The van der Waals surface area contributed by atoms with E-state index in [1.165, 1.54) is 6.92 Å². The number of nitrogens with two attached hydrogens (primary N) is 1. The van der Waals surface area contributed by atoms with Crippen molar-refractivity contribution in [2.75, 3.05) is 0 Å². The summed E-state index contributed by atoms with van der Waals surface area (Å²) in [4.78, 5) is 40.1. The van der Waals surface area contributed by atoms with Crippen molar-refractivity contribution in [1.29, 1.82) is 0 Å². The number of aromatic nitrogens is 1. The smallest absolute Gasteiger partial charge is 0.326 e. The van der Waals surface area contributed by atoms with Crippen LogP contribution in [-0.4, -0.2) is 46.0 Å². The maximum Gasteiger partial charge on any atom is 0.326 e. The average molecular weight is 422 g/mol. The van der Waals surface area contributed by atoms with Gasteiger partial charge in [-0.2, -0.15) is 0 Å². The van der Waals surface area contributed by atoms with Gasteiger partial charge in [0.05, 0.1) is 6.04 Å². The number of hydrogen-bond donors (Lipinski definition) is 5. The lowest BCUT2D eigenvalue weighted by molar-refractivity contribution is -0.142. The number of nitrogens with one attached hydrogen (secondary N) is 3.